The Hall–Kier alpha value is -0.520. The summed E-state index contributed by atoms with van der Waals surface area (Å²) in [6, 6.07) is 0. The zero-order valence-electron chi connectivity index (χ0n) is 7.22. The van der Waals surface area contributed by atoms with Gasteiger partial charge in [-0.05, 0) is 12.8 Å². The first-order valence-electron chi connectivity index (χ1n) is 3.97. The summed E-state index contributed by atoms with van der Waals surface area (Å²) in [4.78, 5) is 0. The maximum Gasteiger partial charge on any atom is 0.0156 e. The van der Waals surface area contributed by atoms with Crippen molar-refractivity contribution in [3.8, 4) is 0 Å². The average Bonchev–Trinajstić information content (AvgIpc) is 1.97. The highest BCUT2D eigenvalue weighted by Gasteiger charge is 1.86. The van der Waals surface area contributed by atoms with E-state index in [1.807, 2.05) is 0 Å². The van der Waals surface area contributed by atoms with Crippen LogP contribution in [0.25, 0.3) is 0 Å². The van der Waals surface area contributed by atoms with Crippen LogP contribution in [0.1, 0.15) is 33.6 Å². The SMILES string of the molecule is CC/C=C/[C](C)/C=C/CC. The van der Waals surface area contributed by atoms with Crippen molar-refractivity contribution >= 4 is 0 Å². The molecule has 1 radical (unpaired) electrons. The van der Waals surface area contributed by atoms with Crippen LogP contribution in [0.4, 0.5) is 0 Å². The molecular formula is C10H17. The summed E-state index contributed by atoms with van der Waals surface area (Å²) < 4.78 is 0. The number of hydrogen-bond acceptors (Lipinski definition) is 0. The molecule has 0 rings (SSSR count). The van der Waals surface area contributed by atoms with Crippen LogP contribution in [0.5, 0.6) is 0 Å². The topological polar surface area (TPSA) is 0 Å². The van der Waals surface area contributed by atoms with Gasteiger partial charge >= 0.3 is 0 Å². The van der Waals surface area contributed by atoms with Crippen molar-refractivity contribution in [1.82, 2.24) is 0 Å². The minimum absolute atomic E-state index is 1.12. The molecule has 0 atom stereocenters. The lowest BCUT2D eigenvalue weighted by Crippen LogP contribution is -1.77. The number of allylic oxidation sites excluding steroid dienone is 4. The fourth-order valence-electron chi connectivity index (χ4n) is 0.663. The van der Waals surface area contributed by atoms with E-state index >= 15 is 0 Å². The molecule has 57 valence electrons. The number of hydrogen-bond donors (Lipinski definition) is 0. The minimum Gasteiger partial charge on any atom is -0.0879 e. The first-order chi connectivity index (χ1) is 4.81. The van der Waals surface area contributed by atoms with Crippen LogP contribution in [0, 0.1) is 5.92 Å². The van der Waals surface area contributed by atoms with Gasteiger partial charge in [-0.2, -0.15) is 0 Å². The second kappa shape index (κ2) is 6.60. The summed E-state index contributed by atoms with van der Waals surface area (Å²) in [6.45, 7) is 6.42. The predicted octanol–water partition coefficient (Wildman–Crippen LogP) is 3.51. The quantitative estimate of drug-likeness (QED) is 0.556. The largest absolute Gasteiger partial charge is 0.0879 e. The Morgan fingerprint density at radius 1 is 1.00 bits per heavy atom. The van der Waals surface area contributed by atoms with Gasteiger partial charge in [0.25, 0.3) is 0 Å². The van der Waals surface area contributed by atoms with Gasteiger partial charge in [-0.1, -0.05) is 45.1 Å². The van der Waals surface area contributed by atoms with Gasteiger partial charge in [-0.15, -0.1) is 0 Å². The van der Waals surface area contributed by atoms with Crippen LogP contribution in [-0.4, -0.2) is 0 Å². The molecule has 0 aliphatic heterocycles. The van der Waals surface area contributed by atoms with Crippen molar-refractivity contribution in [3.63, 3.8) is 0 Å². The Bertz CT molecular complexity index is 95.2. The van der Waals surface area contributed by atoms with Crippen molar-refractivity contribution in [3.05, 3.63) is 30.2 Å². The first kappa shape index (κ1) is 9.48. The van der Waals surface area contributed by atoms with E-state index in [4.69, 9.17) is 0 Å². The van der Waals surface area contributed by atoms with E-state index in [0.29, 0.717) is 0 Å². The van der Waals surface area contributed by atoms with Gasteiger partial charge in [0, 0.05) is 5.92 Å². The molecule has 0 N–H and O–H groups in total. The average molecular weight is 137 g/mol. The Balaban J connectivity index is 3.52. The van der Waals surface area contributed by atoms with E-state index in [-0.39, 0.29) is 0 Å². The van der Waals surface area contributed by atoms with Gasteiger partial charge in [0.05, 0.1) is 0 Å². The van der Waals surface area contributed by atoms with Gasteiger partial charge in [-0.3, -0.25) is 0 Å². The zero-order valence-corrected chi connectivity index (χ0v) is 7.22. The summed E-state index contributed by atoms with van der Waals surface area (Å²) in [5.41, 5.74) is 0. The molecule has 0 aromatic rings. The third-order valence-electron chi connectivity index (χ3n) is 1.23. The highest BCUT2D eigenvalue weighted by atomic mass is 13.9. The van der Waals surface area contributed by atoms with Crippen molar-refractivity contribution < 1.29 is 0 Å². The van der Waals surface area contributed by atoms with E-state index in [9.17, 15) is 0 Å². The van der Waals surface area contributed by atoms with Gasteiger partial charge in [0.1, 0.15) is 0 Å². The molecule has 0 heteroatoms. The Morgan fingerprint density at radius 3 is 1.70 bits per heavy atom. The molecule has 0 saturated carbocycles. The second-order valence-electron chi connectivity index (χ2n) is 2.37. The van der Waals surface area contributed by atoms with Crippen LogP contribution < -0.4 is 0 Å². The summed E-state index contributed by atoms with van der Waals surface area (Å²) in [5, 5.41) is 0. The van der Waals surface area contributed by atoms with Gasteiger partial charge in [0.15, 0.2) is 0 Å². The maximum absolute atomic E-state index is 2.18. The van der Waals surface area contributed by atoms with E-state index in [1.165, 1.54) is 5.92 Å². The smallest absolute Gasteiger partial charge is 0.0156 e. The molecule has 0 nitrogen and oxygen atoms in total. The third-order valence-corrected chi connectivity index (χ3v) is 1.23. The summed E-state index contributed by atoms with van der Waals surface area (Å²) in [5.74, 6) is 1.34. The zero-order chi connectivity index (χ0) is 7.82. The minimum atomic E-state index is 1.12. The van der Waals surface area contributed by atoms with Gasteiger partial charge in [-0.25, -0.2) is 0 Å². The fraction of sp³-hybridized carbons (Fsp3) is 0.500. The summed E-state index contributed by atoms with van der Waals surface area (Å²) >= 11 is 0. The molecule has 0 heterocycles. The first-order valence-corrected chi connectivity index (χ1v) is 3.97. The fourth-order valence-corrected chi connectivity index (χ4v) is 0.663. The molecular weight excluding hydrogens is 120 g/mol. The Kier molecular flexibility index (Phi) is 6.25. The molecule has 0 aliphatic carbocycles. The van der Waals surface area contributed by atoms with Gasteiger partial charge in [0.2, 0.25) is 0 Å². The molecule has 10 heavy (non-hydrogen) atoms. The maximum atomic E-state index is 2.18. The molecule has 0 aromatic carbocycles. The van der Waals surface area contributed by atoms with Crippen molar-refractivity contribution in [2.24, 2.45) is 0 Å². The third kappa shape index (κ3) is 5.61. The molecule has 0 aliphatic rings. The van der Waals surface area contributed by atoms with Crippen LogP contribution >= 0.6 is 0 Å². The van der Waals surface area contributed by atoms with Crippen LogP contribution in [0.2, 0.25) is 0 Å². The summed E-state index contributed by atoms with van der Waals surface area (Å²) in [6.07, 6.45) is 10.9. The van der Waals surface area contributed by atoms with Crippen molar-refractivity contribution in [2.75, 3.05) is 0 Å². The van der Waals surface area contributed by atoms with Crippen molar-refractivity contribution in [1.29, 1.82) is 0 Å². The molecule has 0 saturated heterocycles. The molecule has 0 spiro atoms. The van der Waals surface area contributed by atoms with Crippen LogP contribution in [-0.2, 0) is 0 Å². The molecule has 0 amide bonds. The summed E-state index contributed by atoms with van der Waals surface area (Å²) in [7, 11) is 0. The van der Waals surface area contributed by atoms with E-state index in [0.717, 1.165) is 12.8 Å². The van der Waals surface area contributed by atoms with E-state index in [2.05, 4.69) is 45.1 Å². The normalized spacial score (nSPS) is 12.4. The lowest BCUT2D eigenvalue weighted by molar-refractivity contribution is 1.17. The lowest BCUT2D eigenvalue weighted by Gasteiger charge is -1.93. The monoisotopic (exact) mass is 137 g/mol. The standard InChI is InChI=1S/C10H17/c1-4-6-8-10(3)9-7-5-2/h6-9H,4-5H2,1-3H3/b8-6+,9-7+. The molecule has 0 aromatic heterocycles. The highest BCUT2D eigenvalue weighted by molar-refractivity contribution is 5.19. The Labute approximate surface area is 64.6 Å². The Morgan fingerprint density at radius 2 is 1.40 bits per heavy atom. The molecule has 0 fully saturated rings. The van der Waals surface area contributed by atoms with E-state index < -0.39 is 0 Å². The van der Waals surface area contributed by atoms with E-state index in [1.54, 1.807) is 0 Å². The van der Waals surface area contributed by atoms with Crippen LogP contribution in [0.15, 0.2) is 24.3 Å². The van der Waals surface area contributed by atoms with Crippen molar-refractivity contribution in [2.45, 2.75) is 33.6 Å². The molecule has 0 unspecified atom stereocenters. The predicted molar refractivity (Wildman–Crippen MR) is 47.8 cm³/mol. The highest BCUT2D eigenvalue weighted by Crippen LogP contribution is 2.03. The van der Waals surface area contributed by atoms with Crippen LogP contribution in [0.3, 0.4) is 0 Å². The van der Waals surface area contributed by atoms with Gasteiger partial charge < -0.3 is 0 Å². The molecule has 0 bridgehead atoms. The lowest BCUT2D eigenvalue weighted by atomic mass is 10.1. The second-order valence-corrected chi connectivity index (χ2v) is 2.37. The number of rotatable bonds is 4.